The van der Waals surface area contributed by atoms with Crippen LogP contribution in [0.1, 0.15) is 48.5 Å². The number of imidazole rings is 1. The molecule has 2 heterocycles. The van der Waals surface area contributed by atoms with E-state index in [0.29, 0.717) is 22.4 Å². The number of rotatable bonds is 9. The van der Waals surface area contributed by atoms with E-state index >= 15 is 0 Å². The van der Waals surface area contributed by atoms with Gasteiger partial charge in [-0.2, -0.15) is 18.2 Å². The Bertz CT molecular complexity index is 1350. The van der Waals surface area contributed by atoms with Crippen LogP contribution in [0.5, 0.6) is 5.88 Å². The molecule has 2 aromatic heterocycles. The van der Waals surface area contributed by atoms with E-state index in [-0.39, 0.29) is 87.3 Å². The Balaban J connectivity index is 0.00000420. The molecule has 0 radical (unpaired) electrons. The van der Waals surface area contributed by atoms with Gasteiger partial charge in [-0.3, -0.25) is 5.41 Å². The fourth-order valence-corrected chi connectivity index (χ4v) is 3.96. The van der Waals surface area contributed by atoms with E-state index in [1.807, 2.05) is 0 Å². The molecule has 202 valence electrons. The SMILES string of the molecule is C[N-]/C(=C(\C(=N)OC)c1ncc(C(C)O)c(OCc2ccc(-c3nc(C(F)(F)F)cn3C)cc2)n1)C1CC1.[K+]. The third-order valence-corrected chi connectivity index (χ3v) is 6.10. The zero-order chi connectivity index (χ0) is 27.6. The average Bonchev–Trinajstić information content (AvgIpc) is 3.65. The number of aryl methyl sites for hydroxylation is 1. The van der Waals surface area contributed by atoms with E-state index < -0.39 is 18.0 Å². The van der Waals surface area contributed by atoms with Crippen LogP contribution in [-0.4, -0.2) is 44.7 Å². The van der Waals surface area contributed by atoms with E-state index in [2.05, 4.69) is 20.3 Å². The molecule has 0 saturated heterocycles. The first kappa shape index (κ1) is 31.2. The summed E-state index contributed by atoms with van der Waals surface area (Å²) in [6.45, 7) is 1.63. The van der Waals surface area contributed by atoms with Gasteiger partial charge in [-0.05, 0) is 31.2 Å². The van der Waals surface area contributed by atoms with E-state index in [4.69, 9.17) is 14.9 Å². The third-order valence-electron chi connectivity index (χ3n) is 6.10. The van der Waals surface area contributed by atoms with Crippen molar-refractivity contribution in [1.29, 1.82) is 5.41 Å². The van der Waals surface area contributed by atoms with Crippen LogP contribution in [0.4, 0.5) is 13.2 Å². The van der Waals surface area contributed by atoms with Crippen molar-refractivity contribution in [2.75, 3.05) is 14.2 Å². The standard InChI is InChI=1S/C26H28F3N6O3.K/c1-14(36)18-11-32-23(20(22(30)37-4)21(31-2)16-9-10-16)34-25(18)38-13-15-5-7-17(8-6-15)24-33-19(12-35(24)3)26(27,28)29;/h5-8,11-12,14,16,30,36H,9-10,13H2,1-4H3;/q-1;+1/b21-20+,30-22?;. The number of nitrogens with one attached hydrogen (secondary N) is 1. The first-order valence-corrected chi connectivity index (χ1v) is 11.9. The zero-order valence-electron chi connectivity index (χ0n) is 22.4. The fourth-order valence-electron chi connectivity index (χ4n) is 3.96. The van der Waals surface area contributed by atoms with Gasteiger partial charge in [0.05, 0.1) is 24.4 Å². The van der Waals surface area contributed by atoms with Gasteiger partial charge in [-0.25, -0.2) is 9.97 Å². The maximum atomic E-state index is 13.0. The normalized spacial score (nSPS) is 14.7. The van der Waals surface area contributed by atoms with Gasteiger partial charge >= 0.3 is 57.6 Å². The molecule has 1 aliphatic rings. The quantitative estimate of drug-likeness (QED) is 0.232. The molecule has 1 saturated carbocycles. The maximum Gasteiger partial charge on any atom is 1.00 e. The van der Waals surface area contributed by atoms with Gasteiger partial charge in [0.15, 0.2) is 11.5 Å². The molecular formula is C26H28F3KN6O3. The molecule has 13 heteroatoms. The molecule has 1 atom stereocenters. The summed E-state index contributed by atoms with van der Waals surface area (Å²) in [6.07, 6.45) is -1.14. The number of hydrogen-bond donors (Lipinski definition) is 2. The van der Waals surface area contributed by atoms with Crippen molar-refractivity contribution in [3.63, 3.8) is 0 Å². The average molecular weight is 569 g/mol. The Hall–Kier alpha value is -2.29. The first-order chi connectivity index (χ1) is 18.0. The topological polar surface area (TPSA) is 120 Å². The Morgan fingerprint density at radius 3 is 2.41 bits per heavy atom. The second kappa shape index (κ2) is 12.9. The van der Waals surface area contributed by atoms with Crippen molar-refractivity contribution in [2.24, 2.45) is 13.0 Å². The van der Waals surface area contributed by atoms with Gasteiger partial charge in [-0.15, -0.1) is 12.7 Å². The van der Waals surface area contributed by atoms with Crippen molar-refractivity contribution in [2.45, 2.75) is 38.7 Å². The zero-order valence-corrected chi connectivity index (χ0v) is 25.5. The van der Waals surface area contributed by atoms with Crippen LogP contribution in [0.15, 0.2) is 42.4 Å². The number of ether oxygens (including phenoxy) is 2. The van der Waals surface area contributed by atoms with Crippen molar-refractivity contribution in [1.82, 2.24) is 19.5 Å². The summed E-state index contributed by atoms with van der Waals surface area (Å²) in [5.74, 6) is 0.621. The van der Waals surface area contributed by atoms with Gasteiger partial charge < -0.3 is 24.5 Å². The summed E-state index contributed by atoms with van der Waals surface area (Å²) in [4.78, 5) is 12.6. The second-order valence-corrected chi connectivity index (χ2v) is 8.97. The van der Waals surface area contributed by atoms with Crippen LogP contribution in [0, 0.1) is 11.3 Å². The first-order valence-electron chi connectivity index (χ1n) is 11.9. The number of allylic oxidation sites excluding steroid dienone is 1. The van der Waals surface area contributed by atoms with Crippen LogP contribution in [0.25, 0.3) is 22.3 Å². The van der Waals surface area contributed by atoms with E-state index in [1.165, 1.54) is 24.9 Å². The minimum atomic E-state index is -4.52. The molecule has 4 rings (SSSR count). The van der Waals surface area contributed by atoms with Crippen LogP contribution in [0.2, 0.25) is 0 Å². The number of benzene rings is 1. The van der Waals surface area contributed by atoms with Crippen LogP contribution < -0.4 is 56.1 Å². The fraction of sp³-hybridized carbons (Fsp3) is 0.385. The maximum absolute atomic E-state index is 13.0. The molecule has 1 aromatic carbocycles. The van der Waals surface area contributed by atoms with Crippen LogP contribution in [0.3, 0.4) is 0 Å². The summed E-state index contributed by atoms with van der Waals surface area (Å²) in [5.41, 5.74) is 1.71. The Morgan fingerprint density at radius 2 is 1.90 bits per heavy atom. The molecular weight excluding hydrogens is 540 g/mol. The monoisotopic (exact) mass is 568 g/mol. The molecule has 39 heavy (non-hydrogen) atoms. The van der Waals surface area contributed by atoms with Crippen molar-refractivity contribution >= 4 is 11.5 Å². The predicted octanol–water partition coefficient (Wildman–Crippen LogP) is 2.28. The Morgan fingerprint density at radius 1 is 1.23 bits per heavy atom. The number of aliphatic hydroxyl groups is 1. The number of hydrogen-bond acceptors (Lipinski definition) is 7. The van der Waals surface area contributed by atoms with E-state index in [9.17, 15) is 18.3 Å². The molecule has 1 fully saturated rings. The van der Waals surface area contributed by atoms with Crippen molar-refractivity contribution in [3.05, 3.63) is 70.3 Å². The minimum Gasteiger partial charge on any atom is -0.689 e. The van der Waals surface area contributed by atoms with E-state index in [0.717, 1.165) is 24.6 Å². The molecule has 0 amide bonds. The molecule has 1 unspecified atom stereocenters. The number of methoxy groups -OCH3 is 1. The Labute approximate surface area is 266 Å². The van der Waals surface area contributed by atoms with Gasteiger partial charge in [0.1, 0.15) is 12.4 Å². The smallest absolute Gasteiger partial charge is 0.689 e. The second-order valence-electron chi connectivity index (χ2n) is 8.97. The van der Waals surface area contributed by atoms with Crippen molar-refractivity contribution in [3.8, 4) is 17.3 Å². The summed E-state index contributed by atoms with van der Waals surface area (Å²) in [7, 11) is 4.55. The third kappa shape index (κ3) is 7.27. The molecule has 1 aliphatic carbocycles. The molecule has 3 aromatic rings. The number of alkyl halides is 3. The number of halogens is 3. The summed E-state index contributed by atoms with van der Waals surface area (Å²) in [6, 6.07) is 6.75. The molecule has 9 nitrogen and oxygen atoms in total. The number of aromatic nitrogens is 4. The predicted molar refractivity (Wildman–Crippen MR) is 134 cm³/mol. The summed E-state index contributed by atoms with van der Waals surface area (Å²) >= 11 is 0. The van der Waals surface area contributed by atoms with Gasteiger partial charge in [0.2, 0.25) is 11.8 Å². The molecule has 0 spiro atoms. The number of aliphatic hydroxyl groups excluding tert-OH is 1. The van der Waals surface area contributed by atoms with Crippen molar-refractivity contribution < 1.29 is 79.1 Å². The molecule has 0 aliphatic heterocycles. The number of nitrogens with zero attached hydrogens (tertiary/aromatic N) is 5. The van der Waals surface area contributed by atoms with Gasteiger partial charge in [-0.1, -0.05) is 24.3 Å². The van der Waals surface area contributed by atoms with Gasteiger partial charge in [0, 0.05) is 25.0 Å². The summed E-state index contributed by atoms with van der Waals surface area (Å²) in [5, 5.41) is 22.9. The molecule has 2 N–H and O–H groups in total. The van der Waals surface area contributed by atoms with Gasteiger partial charge in [0.25, 0.3) is 0 Å². The molecule has 0 bridgehead atoms. The summed E-state index contributed by atoms with van der Waals surface area (Å²) < 4.78 is 51.5. The van der Waals surface area contributed by atoms with Crippen LogP contribution in [-0.2, 0) is 24.6 Å². The minimum absolute atomic E-state index is 0. The van der Waals surface area contributed by atoms with E-state index in [1.54, 1.807) is 38.2 Å². The Kier molecular flexibility index (Phi) is 10.3. The largest absolute Gasteiger partial charge is 1.00 e. The van der Waals surface area contributed by atoms with Crippen LogP contribution >= 0.6 is 0 Å².